The van der Waals surface area contributed by atoms with Gasteiger partial charge in [-0.3, -0.25) is 9.69 Å². The third-order valence-electron chi connectivity index (χ3n) is 5.80. The summed E-state index contributed by atoms with van der Waals surface area (Å²) in [6.07, 6.45) is 5.06. The number of aryl methyl sites for hydroxylation is 1. The summed E-state index contributed by atoms with van der Waals surface area (Å²) in [4.78, 5) is 20.7. The minimum atomic E-state index is 0.0430. The van der Waals surface area contributed by atoms with Crippen LogP contribution in [0.15, 0.2) is 58.5 Å². The van der Waals surface area contributed by atoms with Gasteiger partial charge in [0.2, 0.25) is 5.91 Å². The Morgan fingerprint density at radius 2 is 2.03 bits per heavy atom. The van der Waals surface area contributed by atoms with Gasteiger partial charge in [0, 0.05) is 29.8 Å². The van der Waals surface area contributed by atoms with E-state index >= 15 is 0 Å². The van der Waals surface area contributed by atoms with Gasteiger partial charge in [0.25, 0.3) is 0 Å². The highest BCUT2D eigenvalue weighted by Crippen LogP contribution is 2.29. The molecule has 2 aromatic heterocycles. The Labute approximate surface area is 182 Å². The number of amides is 1. The fourth-order valence-corrected chi connectivity index (χ4v) is 4.77. The lowest BCUT2D eigenvalue weighted by Crippen LogP contribution is -2.41. The van der Waals surface area contributed by atoms with Crippen molar-refractivity contribution in [2.24, 2.45) is 5.92 Å². The van der Waals surface area contributed by atoms with Crippen LogP contribution in [0.1, 0.15) is 43.0 Å². The molecule has 6 heteroatoms. The van der Waals surface area contributed by atoms with Gasteiger partial charge in [-0.1, -0.05) is 43.3 Å². The van der Waals surface area contributed by atoms with Crippen LogP contribution < -0.4 is 5.32 Å². The van der Waals surface area contributed by atoms with Gasteiger partial charge in [0.05, 0.1) is 12.2 Å². The predicted molar refractivity (Wildman–Crippen MR) is 120 cm³/mol. The molecule has 3 heterocycles. The second-order valence-corrected chi connectivity index (χ2v) is 9.02. The zero-order valence-corrected chi connectivity index (χ0v) is 18.2. The van der Waals surface area contributed by atoms with E-state index < -0.39 is 0 Å². The van der Waals surface area contributed by atoms with Gasteiger partial charge in [-0.15, -0.1) is 11.3 Å². The molecule has 0 spiro atoms. The van der Waals surface area contributed by atoms with Crippen LogP contribution in [-0.4, -0.2) is 35.4 Å². The number of thiophene rings is 1. The van der Waals surface area contributed by atoms with Crippen molar-refractivity contribution < 1.29 is 9.21 Å². The Morgan fingerprint density at radius 1 is 1.23 bits per heavy atom. The number of oxazole rings is 1. The molecule has 1 fully saturated rings. The Hall–Kier alpha value is -2.44. The molecule has 30 heavy (non-hydrogen) atoms. The first-order valence-electron chi connectivity index (χ1n) is 10.7. The highest BCUT2D eigenvalue weighted by Gasteiger charge is 2.25. The Bertz CT molecular complexity index is 915. The van der Waals surface area contributed by atoms with Crippen molar-refractivity contribution in [3.63, 3.8) is 0 Å². The molecule has 0 saturated carbocycles. The molecule has 0 radical (unpaired) electrons. The minimum absolute atomic E-state index is 0.0430. The molecular formula is C24H29N3O2S. The molecule has 5 nitrogen and oxygen atoms in total. The first-order chi connectivity index (χ1) is 14.7. The molecular weight excluding hydrogens is 394 g/mol. The van der Waals surface area contributed by atoms with Gasteiger partial charge in [0.1, 0.15) is 0 Å². The van der Waals surface area contributed by atoms with Gasteiger partial charge in [-0.2, -0.15) is 0 Å². The smallest absolute Gasteiger partial charge is 0.220 e. The second kappa shape index (κ2) is 10.0. The Balaban J connectivity index is 1.29. The number of likely N-dealkylation sites (tertiary alicyclic amines) is 1. The molecule has 1 aliphatic heterocycles. The molecule has 1 aromatic carbocycles. The van der Waals surface area contributed by atoms with Gasteiger partial charge in [-0.05, 0) is 43.3 Å². The van der Waals surface area contributed by atoms with E-state index in [2.05, 4.69) is 39.6 Å². The van der Waals surface area contributed by atoms with Crippen molar-refractivity contribution in [3.8, 4) is 11.3 Å². The summed E-state index contributed by atoms with van der Waals surface area (Å²) in [6, 6.07) is 14.4. The van der Waals surface area contributed by atoms with Crippen LogP contribution in [-0.2, 0) is 11.2 Å². The van der Waals surface area contributed by atoms with E-state index in [1.807, 2.05) is 30.3 Å². The Morgan fingerprint density at radius 3 is 2.77 bits per heavy atom. The average molecular weight is 424 g/mol. The van der Waals surface area contributed by atoms with Crippen molar-refractivity contribution in [1.82, 2.24) is 15.2 Å². The number of rotatable bonds is 8. The molecule has 1 saturated heterocycles. The van der Waals surface area contributed by atoms with Crippen LogP contribution in [0.4, 0.5) is 0 Å². The van der Waals surface area contributed by atoms with Gasteiger partial charge in [0.15, 0.2) is 11.7 Å². The van der Waals surface area contributed by atoms with E-state index in [1.54, 1.807) is 17.5 Å². The maximum Gasteiger partial charge on any atom is 0.220 e. The van der Waals surface area contributed by atoms with Crippen molar-refractivity contribution in [2.75, 3.05) is 19.6 Å². The summed E-state index contributed by atoms with van der Waals surface area (Å²) in [5.74, 6) is 2.18. The zero-order valence-electron chi connectivity index (χ0n) is 17.4. The molecule has 1 aliphatic rings. The molecule has 0 aliphatic carbocycles. The average Bonchev–Trinajstić information content (AvgIpc) is 3.47. The highest BCUT2D eigenvalue weighted by atomic mass is 32.1. The number of piperidine rings is 1. The molecule has 4 rings (SSSR count). The molecule has 1 N–H and O–H groups in total. The standard InChI is InChI=1S/C24H29N3O2S/c1-18-11-13-27(14-12-18)20(22-8-5-15-30-22)16-25-23(28)9-10-24-26-17-21(29-24)19-6-3-2-4-7-19/h2-8,15,17-18,20H,9-14,16H2,1H3,(H,25,28). The lowest BCUT2D eigenvalue weighted by Gasteiger charge is -2.36. The third-order valence-corrected chi connectivity index (χ3v) is 6.77. The SMILES string of the molecule is CC1CCN(C(CNC(=O)CCc2ncc(-c3ccccc3)o2)c2cccs2)CC1. The monoisotopic (exact) mass is 423 g/mol. The van der Waals surface area contributed by atoms with E-state index in [0.717, 1.165) is 30.3 Å². The quantitative estimate of drug-likeness (QED) is 0.558. The summed E-state index contributed by atoms with van der Waals surface area (Å²) in [5.41, 5.74) is 0.996. The predicted octanol–water partition coefficient (Wildman–Crippen LogP) is 4.93. The maximum absolute atomic E-state index is 12.5. The summed E-state index contributed by atoms with van der Waals surface area (Å²) in [5, 5.41) is 5.26. The summed E-state index contributed by atoms with van der Waals surface area (Å²) in [7, 11) is 0. The van der Waals surface area contributed by atoms with Crippen molar-refractivity contribution in [3.05, 3.63) is 64.8 Å². The van der Waals surface area contributed by atoms with E-state index in [9.17, 15) is 4.79 Å². The van der Waals surface area contributed by atoms with E-state index in [-0.39, 0.29) is 11.9 Å². The molecule has 0 bridgehead atoms. The van der Waals surface area contributed by atoms with E-state index in [1.165, 1.54) is 17.7 Å². The fraction of sp³-hybridized carbons (Fsp3) is 0.417. The van der Waals surface area contributed by atoms with Crippen molar-refractivity contribution in [2.45, 2.75) is 38.6 Å². The number of carbonyl (C=O) groups excluding carboxylic acids is 1. The van der Waals surface area contributed by atoms with Crippen molar-refractivity contribution in [1.29, 1.82) is 0 Å². The molecule has 1 unspecified atom stereocenters. The molecule has 1 atom stereocenters. The number of aromatic nitrogens is 1. The topological polar surface area (TPSA) is 58.4 Å². The second-order valence-electron chi connectivity index (χ2n) is 8.04. The number of nitrogens with one attached hydrogen (secondary N) is 1. The summed E-state index contributed by atoms with van der Waals surface area (Å²) >= 11 is 1.77. The summed E-state index contributed by atoms with van der Waals surface area (Å²) in [6.45, 7) is 5.16. The fourth-order valence-electron chi connectivity index (χ4n) is 3.91. The number of nitrogens with zero attached hydrogens (tertiary/aromatic N) is 2. The number of hydrogen-bond acceptors (Lipinski definition) is 5. The molecule has 1 amide bonds. The number of hydrogen-bond donors (Lipinski definition) is 1. The van der Waals surface area contributed by atoms with Gasteiger partial charge < -0.3 is 9.73 Å². The first kappa shape index (κ1) is 20.8. The molecule has 3 aromatic rings. The Kier molecular flexibility index (Phi) is 6.97. The first-order valence-corrected chi connectivity index (χ1v) is 11.6. The number of carbonyl (C=O) groups is 1. The van der Waals surface area contributed by atoms with Crippen LogP contribution in [0, 0.1) is 5.92 Å². The van der Waals surface area contributed by atoms with E-state index in [4.69, 9.17) is 4.42 Å². The van der Waals surface area contributed by atoms with Crippen LogP contribution in [0.25, 0.3) is 11.3 Å². The zero-order chi connectivity index (χ0) is 20.8. The lowest BCUT2D eigenvalue weighted by molar-refractivity contribution is -0.121. The van der Waals surface area contributed by atoms with Crippen LogP contribution in [0.5, 0.6) is 0 Å². The normalized spacial score (nSPS) is 16.4. The maximum atomic E-state index is 12.5. The molecule has 158 valence electrons. The van der Waals surface area contributed by atoms with Gasteiger partial charge in [-0.25, -0.2) is 4.98 Å². The third kappa shape index (κ3) is 5.37. The summed E-state index contributed by atoms with van der Waals surface area (Å²) < 4.78 is 5.81. The number of benzene rings is 1. The lowest BCUT2D eigenvalue weighted by atomic mass is 9.97. The largest absolute Gasteiger partial charge is 0.441 e. The minimum Gasteiger partial charge on any atom is -0.441 e. The van der Waals surface area contributed by atoms with Crippen LogP contribution in [0.3, 0.4) is 0 Å². The van der Waals surface area contributed by atoms with E-state index in [0.29, 0.717) is 25.3 Å². The van der Waals surface area contributed by atoms with Crippen LogP contribution in [0.2, 0.25) is 0 Å². The van der Waals surface area contributed by atoms with Gasteiger partial charge >= 0.3 is 0 Å². The van der Waals surface area contributed by atoms with Crippen molar-refractivity contribution >= 4 is 17.2 Å². The highest BCUT2D eigenvalue weighted by molar-refractivity contribution is 7.10. The van der Waals surface area contributed by atoms with Crippen LogP contribution >= 0.6 is 11.3 Å².